The number of methoxy groups -OCH3 is 1. The van der Waals surface area contributed by atoms with E-state index in [9.17, 15) is 0 Å². The lowest BCUT2D eigenvalue weighted by atomic mass is 10.1. The van der Waals surface area contributed by atoms with Crippen molar-refractivity contribution < 1.29 is 4.74 Å². The molecule has 0 amide bonds. The summed E-state index contributed by atoms with van der Waals surface area (Å²) in [6, 6.07) is 5.83. The summed E-state index contributed by atoms with van der Waals surface area (Å²) in [4.78, 5) is 2.68. The van der Waals surface area contributed by atoms with Gasteiger partial charge in [-0.1, -0.05) is 12.2 Å². The standard InChI is InChI=1S/C13H20N2OS2/c1-15(6-7-18-3)9-11-8-10(13(14)17)4-5-12(11)16-2/h4-5,8H,6-7,9H2,1-3H3,(H2,14,17). The maximum Gasteiger partial charge on any atom is 0.123 e. The van der Waals surface area contributed by atoms with Crippen LogP contribution in [0.3, 0.4) is 0 Å². The number of thioether (sulfide) groups is 1. The topological polar surface area (TPSA) is 38.5 Å². The molecular weight excluding hydrogens is 264 g/mol. The van der Waals surface area contributed by atoms with Crippen LogP contribution in [0.1, 0.15) is 11.1 Å². The maximum atomic E-state index is 5.66. The van der Waals surface area contributed by atoms with Gasteiger partial charge in [-0.25, -0.2) is 0 Å². The van der Waals surface area contributed by atoms with Crippen LogP contribution in [-0.2, 0) is 6.54 Å². The summed E-state index contributed by atoms with van der Waals surface area (Å²) >= 11 is 6.85. The van der Waals surface area contributed by atoms with Crippen LogP contribution in [0.5, 0.6) is 5.75 Å². The van der Waals surface area contributed by atoms with Crippen molar-refractivity contribution in [2.75, 3.05) is 32.7 Å². The van der Waals surface area contributed by atoms with Crippen molar-refractivity contribution in [2.24, 2.45) is 5.73 Å². The number of thiocarbonyl (C=S) groups is 1. The fourth-order valence-corrected chi connectivity index (χ4v) is 2.29. The Morgan fingerprint density at radius 2 is 2.22 bits per heavy atom. The van der Waals surface area contributed by atoms with Gasteiger partial charge >= 0.3 is 0 Å². The predicted octanol–water partition coefficient (Wildman–Crippen LogP) is 2.12. The molecule has 0 bridgehead atoms. The van der Waals surface area contributed by atoms with E-state index in [1.54, 1.807) is 7.11 Å². The maximum absolute atomic E-state index is 5.66. The van der Waals surface area contributed by atoms with Gasteiger partial charge in [0.05, 0.1) is 7.11 Å². The van der Waals surface area contributed by atoms with Gasteiger partial charge in [-0.2, -0.15) is 11.8 Å². The lowest BCUT2D eigenvalue weighted by molar-refractivity contribution is 0.335. The first-order chi connectivity index (χ1) is 8.58. The Hall–Kier alpha value is -0.780. The van der Waals surface area contributed by atoms with E-state index in [1.807, 2.05) is 30.0 Å². The lowest BCUT2D eigenvalue weighted by Gasteiger charge is -2.18. The minimum absolute atomic E-state index is 0.422. The summed E-state index contributed by atoms with van der Waals surface area (Å²) in [6.45, 7) is 1.88. The molecule has 0 saturated heterocycles. The van der Waals surface area contributed by atoms with Crippen LogP contribution in [-0.4, -0.2) is 42.6 Å². The number of nitrogens with two attached hydrogens (primary N) is 1. The van der Waals surface area contributed by atoms with Crippen LogP contribution in [0.2, 0.25) is 0 Å². The molecule has 18 heavy (non-hydrogen) atoms. The molecule has 3 nitrogen and oxygen atoms in total. The average Bonchev–Trinajstić information content (AvgIpc) is 2.36. The zero-order valence-corrected chi connectivity index (χ0v) is 12.7. The third kappa shape index (κ3) is 4.48. The van der Waals surface area contributed by atoms with E-state index >= 15 is 0 Å². The lowest BCUT2D eigenvalue weighted by Crippen LogP contribution is -2.21. The summed E-state index contributed by atoms with van der Waals surface area (Å²) in [5, 5.41) is 0. The second-order valence-corrected chi connectivity index (χ2v) is 5.55. The van der Waals surface area contributed by atoms with Gasteiger partial charge in [0, 0.05) is 30.0 Å². The van der Waals surface area contributed by atoms with E-state index in [4.69, 9.17) is 22.7 Å². The minimum Gasteiger partial charge on any atom is -0.496 e. The number of benzene rings is 1. The SMILES string of the molecule is COc1ccc(C(N)=S)cc1CN(C)CCSC. The molecule has 0 atom stereocenters. The van der Waals surface area contributed by atoms with Gasteiger partial charge in [-0.3, -0.25) is 0 Å². The molecular formula is C13H20N2OS2. The zero-order chi connectivity index (χ0) is 13.5. The van der Waals surface area contributed by atoms with Gasteiger partial charge in [0.2, 0.25) is 0 Å². The second-order valence-electron chi connectivity index (χ2n) is 4.12. The highest BCUT2D eigenvalue weighted by molar-refractivity contribution is 7.98. The Bertz CT molecular complexity index is 410. The monoisotopic (exact) mass is 284 g/mol. The summed E-state index contributed by atoms with van der Waals surface area (Å²) in [7, 11) is 3.78. The van der Waals surface area contributed by atoms with Crippen molar-refractivity contribution in [1.29, 1.82) is 0 Å². The molecule has 100 valence electrons. The van der Waals surface area contributed by atoms with E-state index in [2.05, 4.69) is 18.2 Å². The molecule has 0 saturated carbocycles. The normalized spacial score (nSPS) is 10.7. The Morgan fingerprint density at radius 3 is 2.78 bits per heavy atom. The molecule has 0 aliphatic carbocycles. The van der Waals surface area contributed by atoms with Gasteiger partial charge in [-0.15, -0.1) is 0 Å². The fraction of sp³-hybridized carbons (Fsp3) is 0.462. The highest BCUT2D eigenvalue weighted by atomic mass is 32.2. The van der Waals surface area contributed by atoms with Gasteiger partial charge < -0.3 is 15.4 Å². The predicted molar refractivity (Wildman–Crippen MR) is 83.6 cm³/mol. The van der Waals surface area contributed by atoms with Crippen LogP contribution in [0.4, 0.5) is 0 Å². The molecule has 1 aromatic rings. The van der Waals surface area contributed by atoms with Gasteiger partial charge in [-0.05, 0) is 31.5 Å². The fourth-order valence-electron chi connectivity index (χ4n) is 1.67. The van der Waals surface area contributed by atoms with Gasteiger partial charge in [0.25, 0.3) is 0 Å². The van der Waals surface area contributed by atoms with Gasteiger partial charge in [0.1, 0.15) is 10.7 Å². The number of ether oxygens (including phenoxy) is 1. The summed E-state index contributed by atoms with van der Waals surface area (Å²) in [6.07, 6.45) is 2.11. The van der Waals surface area contributed by atoms with Crippen LogP contribution in [0.15, 0.2) is 18.2 Å². The van der Waals surface area contributed by atoms with Crippen molar-refractivity contribution in [2.45, 2.75) is 6.54 Å². The van der Waals surface area contributed by atoms with Crippen molar-refractivity contribution >= 4 is 29.0 Å². The Labute approximate surface area is 119 Å². The van der Waals surface area contributed by atoms with E-state index in [0.717, 1.165) is 35.7 Å². The highest BCUT2D eigenvalue weighted by Gasteiger charge is 2.08. The molecule has 0 unspecified atom stereocenters. The third-order valence-electron chi connectivity index (χ3n) is 2.68. The Kier molecular flexibility index (Phi) is 6.46. The van der Waals surface area contributed by atoms with E-state index in [0.29, 0.717) is 4.99 Å². The molecule has 0 fully saturated rings. The number of hydrogen-bond acceptors (Lipinski definition) is 4. The minimum atomic E-state index is 0.422. The second kappa shape index (κ2) is 7.61. The largest absolute Gasteiger partial charge is 0.496 e. The molecule has 0 radical (unpaired) electrons. The molecule has 5 heteroatoms. The van der Waals surface area contributed by atoms with E-state index < -0.39 is 0 Å². The Morgan fingerprint density at radius 1 is 1.50 bits per heavy atom. The third-order valence-corrected chi connectivity index (χ3v) is 3.51. The van der Waals surface area contributed by atoms with Crippen molar-refractivity contribution in [3.8, 4) is 5.75 Å². The first kappa shape index (κ1) is 15.3. The van der Waals surface area contributed by atoms with Crippen molar-refractivity contribution in [1.82, 2.24) is 4.90 Å². The van der Waals surface area contributed by atoms with E-state index in [1.165, 1.54) is 0 Å². The molecule has 0 aromatic heterocycles. The highest BCUT2D eigenvalue weighted by Crippen LogP contribution is 2.21. The molecule has 0 aliphatic heterocycles. The number of rotatable bonds is 7. The van der Waals surface area contributed by atoms with Crippen LogP contribution in [0.25, 0.3) is 0 Å². The quantitative estimate of drug-likeness (QED) is 0.777. The molecule has 0 heterocycles. The first-order valence-corrected chi connectivity index (χ1v) is 7.53. The zero-order valence-electron chi connectivity index (χ0n) is 11.1. The molecule has 1 rings (SSSR count). The smallest absolute Gasteiger partial charge is 0.123 e. The van der Waals surface area contributed by atoms with E-state index in [-0.39, 0.29) is 0 Å². The number of hydrogen-bond donors (Lipinski definition) is 1. The summed E-state index contributed by atoms with van der Waals surface area (Å²) < 4.78 is 5.37. The summed E-state index contributed by atoms with van der Waals surface area (Å²) in [5.41, 5.74) is 7.66. The van der Waals surface area contributed by atoms with Crippen molar-refractivity contribution in [3.05, 3.63) is 29.3 Å². The molecule has 0 spiro atoms. The van der Waals surface area contributed by atoms with Crippen LogP contribution >= 0.6 is 24.0 Å². The van der Waals surface area contributed by atoms with Crippen molar-refractivity contribution in [3.63, 3.8) is 0 Å². The molecule has 0 aliphatic rings. The van der Waals surface area contributed by atoms with Crippen LogP contribution < -0.4 is 10.5 Å². The summed E-state index contributed by atoms with van der Waals surface area (Å²) in [5.74, 6) is 2.00. The van der Waals surface area contributed by atoms with Crippen LogP contribution in [0, 0.1) is 0 Å². The number of nitrogens with zero attached hydrogens (tertiary/aromatic N) is 1. The molecule has 1 aromatic carbocycles. The Balaban J connectivity index is 2.84. The molecule has 2 N–H and O–H groups in total. The first-order valence-electron chi connectivity index (χ1n) is 5.72. The average molecular weight is 284 g/mol. The van der Waals surface area contributed by atoms with Gasteiger partial charge in [0.15, 0.2) is 0 Å².